The second kappa shape index (κ2) is 18.3. The zero-order valence-electron chi connectivity index (χ0n) is 33.1. The van der Waals surface area contributed by atoms with Crippen LogP contribution in [0.15, 0.2) is 97.1 Å². The fraction of sp³-hybridized carbons (Fsp3) is 0.333. The van der Waals surface area contributed by atoms with E-state index in [2.05, 4.69) is 21.3 Å². The molecule has 4 aromatic carbocycles. The Morgan fingerprint density at radius 2 is 1.00 bits per heavy atom. The van der Waals surface area contributed by atoms with Crippen molar-refractivity contribution in [2.45, 2.75) is 70.1 Å². The molecular weight excluding hydrogens is 753 g/mol. The first kappa shape index (κ1) is 40.5. The standard InChI is InChI=1S/C45H48N6O8/c1-3-58-44(56)48-38(28-13-7-5-8-14-28)42(54)50-23-11-17-36(50)40(52)46-32-19-21-34-30(26-32)25-31-27-33(20-22-35(31)34)47-41(53)37-18-12-24-51(37)43(55)39(49-45(57)59-4-2)29-15-9-6-10-16-29/h5-10,13-16,19-22,26-27,36-39H,3-4,11-12,17-18,23-25H2,1-2H3,(H,46,52)(H,47,53)(H,48,56)(H,49,57)/t36-,37-,38-,39-/m1/s1. The third-order valence-corrected chi connectivity index (χ3v) is 10.9. The Hall–Kier alpha value is -6.70. The molecule has 0 spiro atoms. The van der Waals surface area contributed by atoms with E-state index < -0.39 is 36.4 Å². The van der Waals surface area contributed by atoms with Gasteiger partial charge in [0, 0.05) is 24.5 Å². The first-order valence-corrected chi connectivity index (χ1v) is 20.1. The van der Waals surface area contributed by atoms with Crippen LogP contribution in [0.2, 0.25) is 0 Å². The highest BCUT2D eigenvalue weighted by atomic mass is 16.6. The number of ether oxygens (including phenoxy) is 2. The molecule has 2 fully saturated rings. The predicted octanol–water partition coefficient (Wildman–Crippen LogP) is 6.09. The molecule has 14 nitrogen and oxygen atoms in total. The summed E-state index contributed by atoms with van der Waals surface area (Å²) in [6.07, 6.45) is 1.38. The minimum Gasteiger partial charge on any atom is -0.450 e. The van der Waals surface area contributed by atoms with Crippen molar-refractivity contribution in [2.24, 2.45) is 0 Å². The summed E-state index contributed by atoms with van der Waals surface area (Å²) in [5, 5.41) is 11.4. The van der Waals surface area contributed by atoms with E-state index in [1.54, 1.807) is 62.4 Å². The lowest BCUT2D eigenvalue weighted by molar-refractivity contribution is -0.138. The molecule has 0 aromatic heterocycles. The zero-order chi connectivity index (χ0) is 41.5. The van der Waals surface area contributed by atoms with Crippen molar-refractivity contribution in [2.75, 3.05) is 36.9 Å². The Morgan fingerprint density at radius 3 is 1.39 bits per heavy atom. The molecule has 0 saturated carbocycles. The van der Waals surface area contributed by atoms with Crippen molar-refractivity contribution in [3.8, 4) is 11.1 Å². The van der Waals surface area contributed by atoms with Crippen LogP contribution in [0.5, 0.6) is 0 Å². The number of alkyl carbamates (subject to hydrolysis) is 2. The molecular formula is C45H48N6O8. The van der Waals surface area contributed by atoms with Crippen LogP contribution in [-0.2, 0) is 35.1 Å². The maximum atomic E-state index is 13.9. The van der Waals surface area contributed by atoms with Crippen molar-refractivity contribution < 1.29 is 38.2 Å². The Labute approximate surface area is 342 Å². The molecule has 4 aromatic rings. The van der Waals surface area contributed by atoms with Crippen molar-refractivity contribution in [1.82, 2.24) is 20.4 Å². The van der Waals surface area contributed by atoms with Gasteiger partial charge in [-0.15, -0.1) is 0 Å². The van der Waals surface area contributed by atoms with Gasteiger partial charge in [-0.2, -0.15) is 0 Å². The molecule has 0 bridgehead atoms. The molecule has 59 heavy (non-hydrogen) atoms. The number of hydrogen-bond donors (Lipinski definition) is 4. The number of nitrogens with one attached hydrogen (secondary N) is 4. The van der Waals surface area contributed by atoms with Gasteiger partial charge in [0.1, 0.15) is 24.2 Å². The monoisotopic (exact) mass is 800 g/mol. The number of rotatable bonds is 12. The average molecular weight is 801 g/mol. The first-order chi connectivity index (χ1) is 28.6. The molecule has 2 heterocycles. The quantitative estimate of drug-likeness (QED) is 0.117. The highest BCUT2D eigenvalue weighted by Crippen LogP contribution is 2.39. The molecule has 2 saturated heterocycles. The van der Waals surface area contributed by atoms with Gasteiger partial charge in [0.05, 0.1) is 13.2 Å². The number of amides is 6. The number of carbonyl (C=O) groups excluding carboxylic acids is 6. The highest BCUT2D eigenvalue weighted by Gasteiger charge is 2.40. The Balaban J connectivity index is 0.997. The Kier molecular flexibility index (Phi) is 12.5. The van der Waals surface area contributed by atoms with Crippen LogP contribution in [0.25, 0.3) is 11.1 Å². The lowest BCUT2D eigenvalue weighted by Crippen LogP contribution is -2.48. The maximum Gasteiger partial charge on any atom is 0.408 e. The minimum atomic E-state index is -1.01. The third kappa shape index (κ3) is 9.06. The molecule has 6 amide bonds. The van der Waals surface area contributed by atoms with E-state index >= 15 is 0 Å². The van der Waals surface area contributed by atoms with Crippen molar-refractivity contribution in [3.05, 3.63) is 119 Å². The first-order valence-electron chi connectivity index (χ1n) is 20.1. The highest BCUT2D eigenvalue weighted by molar-refractivity contribution is 6.01. The lowest BCUT2D eigenvalue weighted by Gasteiger charge is -2.28. The van der Waals surface area contributed by atoms with Crippen LogP contribution in [-0.4, -0.2) is 84.0 Å². The fourth-order valence-corrected chi connectivity index (χ4v) is 8.20. The van der Waals surface area contributed by atoms with Gasteiger partial charge in [-0.05, 0) is 104 Å². The second-order valence-electron chi connectivity index (χ2n) is 14.7. The normalized spacial score (nSPS) is 17.5. The van der Waals surface area contributed by atoms with Crippen LogP contribution < -0.4 is 21.3 Å². The van der Waals surface area contributed by atoms with Crippen LogP contribution in [0.1, 0.15) is 73.9 Å². The summed E-state index contributed by atoms with van der Waals surface area (Å²) in [6.45, 7) is 4.42. The molecule has 4 N–H and O–H groups in total. The van der Waals surface area contributed by atoms with Crippen LogP contribution in [0, 0.1) is 0 Å². The lowest BCUT2D eigenvalue weighted by atomic mass is 10.0. The number of nitrogens with zero attached hydrogens (tertiary/aromatic N) is 2. The number of fused-ring (bicyclic) bond motifs is 3. The molecule has 4 atom stereocenters. The van der Waals surface area contributed by atoms with E-state index in [-0.39, 0.29) is 36.8 Å². The van der Waals surface area contributed by atoms with Gasteiger partial charge in [-0.25, -0.2) is 9.59 Å². The van der Waals surface area contributed by atoms with Gasteiger partial charge in [-0.3, -0.25) is 19.2 Å². The van der Waals surface area contributed by atoms with Crippen molar-refractivity contribution in [3.63, 3.8) is 0 Å². The molecule has 7 rings (SSSR count). The zero-order valence-corrected chi connectivity index (χ0v) is 33.1. The fourth-order valence-electron chi connectivity index (χ4n) is 8.20. The summed E-state index contributed by atoms with van der Waals surface area (Å²) >= 11 is 0. The summed E-state index contributed by atoms with van der Waals surface area (Å²) in [6, 6.07) is 25.8. The number of likely N-dealkylation sites (tertiary alicyclic amines) is 2. The SMILES string of the molecule is CCOC(=O)N[C@@H](C(=O)N1CCC[C@@H]1C(=O)Nc1ccc2c(c1)Cc1cc(NC(=O)[C@H]3CCCN3C(=O)[C@H](NC(=O)OCC)c3ccccc3)ccc1-2)c1ccccc1. The van der Waals surface area contributed by atoms with Gasteiger partial charge in [0.15, 0.2) is 0 Å². The summed E-state index contributed by atoms with van der Waals surface area (Å²) in [5.74, 6) is -1.40. The number of benzene rings is 4. The number of hydrogen-bond acceptors (Lipinski definition) is 8. The van der Waals surface area contributed by atoms with Gasteiger partial charge in [0.25, 0.3) is 11.8 Å². The van der Waals surface area contributed by atoms with Crippen molar-refractivity contribution >= 4 is 47.2 Å². The van der Waals surface area contributed by atoms with E-state index in [9.17, 15) is 28.8 Å². The van der Waals surface area contributed by atoms with Gasteiger partial charge < -0.3 is 40.5 Å². The van der Waals surface area contributed by atoms with Crippen molar-refractivity contribution in [1.29, 1.82) is 0 Å². The predicted molar refractivity (Wildman–Crippen MR) is 220 cm³/mol. The molecule has 306 valence electrons. The summed E-state index contributed by atoms with van der Waals surface area (Å²) in [5.41, 5.74) is 6.38. The molecule has 14 heteroatoms. The van der Waals surface area contributed by atoms with E-state index in [0.717, 1.165) is 22.3 Å². The average Bonchev–Trinajstić information content (AvgIpc) is 4.01. The molecule has 1 aliphatic carbocycles. The Bertz CT molecular complexity index is 2060. The number of carbonyl (C=O) groups is 6. The van der Waals surface area contributed by atoms with Gasteiger partial charge >= 0.3 is 12.2 Å². The Morgan fingerprint density at radius 1 is 0.593 bits per heavy atom. The molecule has 0 unspecified atom stereocenters. The summed E-state index contributed by atoms with van der Waals surface area (Å²) in [4.78, 5) is 83.1. The van der Waals surface area contributed by atoms with E-state index in [1.165, 1.54) is 9.80 Å². The van der Waals surface area contributed by atoms with E-state index in [4.69, 9.17) is 9.47 Å². The molecule has 2 aliphatic heterocycles. The maximum absolute atomic E-state index is 13.9. The van der Waals surface area contributed by atoms with E-state index in [1.807, 2.05) is 48.5 Å². The molecule has 3 aliphatic rings. The minimum absolute atomic E-state index is 0.151. The third-order valence-electron chi connectivity index (χ3n) is 10.9. The van der Waals surface area contributed by atoms with Crippen LogP contribution >= 0.6 is 0 Å². The smallest absolute Gasteiger partial charge is 0.408 e. The summed E-state index contributed by atoms with van der Waals surface area (Å²) in [7, 11) is 0. The van der Waals surface area contributed by atoms with Gasteiger partial charge in [0.2, 0.25) is 11.8 Å². The van der Waals surface area contributed by atoms with Gasteiger partial charge in [-0.1, -0.05) is 72.8 Å². The number of anilines is 2. The second-order valence-corrected chi connectivity index (χ2v) is 14.7. The van der Waals surface area contributed by atoms with Crippen LogP contribution in [0.4, 0.5) is 21.0 Å². The largest absolute Gasteiger partial charge is 0.450 e. The van der Waals surface area contributed by atoms with Crippen LogP contribution in [0.3, 0.4) is 0 Å². The molecule has 0 radical (unpaired) electrons. The summed E-state index contributed by atoms with van der Waals surface area (Å²) < 4.78 is 10.1. The van der Waals surface area contributed by atoms with E-state index in [0.29, 0.717) is 67.7 Å². The topological polar surface area (TPSA) is 175 Å².